The van der Waals surface area contributed by atoms with E-state index in [0.29, 0.717) is 18.7 Å². The second-order valence-electron chi connectivity index (χ2n) is 6.19. The molecule has 0 spiro atoms. The van der Waals surface area contributed by atoms with E-state index in [2.05, 4.69) is 0 Å². The molecule has 1 amide bonds. The predicted molar refractivity (Wildman–Crippen MR) is 92.6 cm³/mol. The van der Waals surface area contributed by atoms with Crippen LogP contribution in [0.3, 0.4) is 0 Å². The second kappa shape index (κ2) is 6.37. The van der Waals surface area contributed by atoms with Crippen LogP contribution < -0.4 is 5.73 Å². The average molecular weight is 344 g/mol. The minimum Gasteiger partial charge on any atom is -0.336 e. The van der Waals surface area contributed by atoms with Gasteiger partial charge in [-0.1, -0.05) is 30.3 Å². The average Bonchev–Trinajstić information content (AvgIpc) is 2.96. The van der Waals surface area contributed by atoms with Crippen molar-refractivity contribution in [1.29, 1.82) is 0 Å². The number of likely N-dealkylation sites (tertiary alicyclic amines) is 1. The van der Waals surface area contributed by atoms with E-state index >= 15 is 0 Å². The van der Waals surface area contributed by atoms with Crippen molar-refractivity contribution in [1.82, 2.24) is 4.90 Å². The lowest BCUT2D eigenvalue weighted by molar-refractivity contribution is 0.0789. The lowest BCUT2D eigenvalue weighted by atomic mass is 9.95. The summed E-state index contributed by atoms with van der Waals surface area (Å²) >= 11 is 0. The zero-order valence-electron chi connectivity index (χ0n) is 13.4. The zero-order chi connectivity index (χ0) is 17.3. The summed E-state index contributed by atoms with van der Waals surface area (Å²) in [4.78, 5) is 14.6. The van der Waals surface area contributed by atoms with Gasteiger partial charge in [0.25, 0.3) is 5.91 Å². The first kappa shape index (κ1) is 16.7. The van der Waals surface area contributed by atoms with Crippen LogP contribution in [0.15, 0.2) is 59.5 Å². The molecular weight excluding hydrogens is 324 g/mol. The van der Waals surface area contributed by atoms with E-state index in [1.165, 1.54) is 12.1 Å². The summed E-state index contributed by atoms with van der Waals surface area (Å²) in [5.41, 5.74) is 7.83. The summed E-state index contributed by atoms with van der Waals surface area (Å²) in [6, 6.07) is 15.9. The van der Waals surface area contributed by atoms with Crippen molar-refractivity contribution in [3.05, 3.63) is 65.7 Å². The van der Waals surface area contributed by atoms with Crippen molar-refractivity contribution in [2.75, 3.05) is 19.3 Å². The van der Waals surface area contributed by atoms with Gasteiger partial charge in [0, 0.05) is 36.9 Å². The maximum absolute atomic E-state index is 12.7. The summed E-state index contributed by atoms with van der Waals surface area (Å²) in [6.45, 7) is 1.06. The van der Waals surface area contributed by atoms with Crippen molar-refractivity contribution in [3.8, 4) is 0 Å². The SMILES string of the molecule is CS(=O)(=O)c1ccc(C(=O)N2CC(N)C(c3ccccc3)C2)cc1. The topological polar surface area (TPSA) is 80.5 Å². The fourth-order valence-electron chi connectivity index (χ4n) is 3.08. The molecule has 1 heterocycles. The van der Waals surface area contributed by atoms with Gasteiger partial charge in [0.1, 0.15) is 0 Å². The number of amides is 1. The van der Waals surface area contributed by atoms with E-state index in [0.717, 1.165) is 11.8 Å². The molecule has 6 heteroatoms. The molecule has 3 rings (SSSR count). The number of benzene rings is 2. The van der Waals surface area contributed by atoms with Crippen molar-refractivity contribution in [2.24, 2.45) is 5.73 Å². The number of nitrogens with zero attached hydrogens (tertiary/aromatic N) is 1. The summed E-state index contributed by atoms with van der Waals surface area (Å²) in [6.07, 6.45) is 1.15. The van der Waals surface area contributed by atoms with Crippen LogP contribution in [0.2, 0.25) is 0 Å². The number of rotatable bonds is 3. The highest BCUT2D eigenvalue weighted by Gasteiger charge is 2.34. The molecule has 0 saturated carbocycles. The van der Waals surface area contributed by atoms with Crippen molar-refractivity contribution in [2.45, 2.75) is 16.9 Å². The first-order chi connectivity index (χ1) is 11.4. The number of sulfone groups is 1. The third kappa shape index (κ3) is 3.34. The molecule has 5 nitrogen and oxygen atoms in total. The van der Waals surface area contributed by atoms with Gasteiger partial charge in [0.15, 0.2) is 9.84 Å². The highest BCUT2D eigenvalue weighted by atomic mass is 32.2. The summed E-state index contributed by atoms with van der Waals surface area (Å²) in [7, 11) is -3.26. The van der Waals surface area contributed by atoms with Crippen LogP contribution in [0, 0.1) is 0 Å². The predicted octanol–water partition coefficient (Wildman–Crippen LogP) is 1.66. The van der Waals surface area contributed by atoms with Crippen molar-refractivity contribution >= 4 is 15.7 Å². The van der Waals surface area contributed by atoms with Crippen LogP contribution in [0.4, 0.5) is 0 Å². The van der Waals surface area contributed by atoms with E-state index < -0.39 is 9.84 Å². The largest absolute Gasteiger partial charge is 0.336 e. The molecule has 0 bridgehead atoms. The molecule has 0 radical (unpaired) electrons. The van der Waals surface area contributed by atoms with Gasteiger partial charge in [0.05, 0.1) is 4.90 Å². The third-order valence-corrected chi connectivity index (χ3v) is 5.54. The van der Waals surface area contributed by atoms with Gasteiger partial charge < -0.3 is 10.6 Å². The van der Waals surface area contributed by atoms with Gasteiger partial charge in [-0.15, -0.1) is 0 Å². The Morgan fingerprint density at radius 2 is 1.67 bits per heavy atom. The number of nitrogens with two attached hydrogens (primary N) is 1. The second-order valence-corrected chi connectivity index (χ2v) is 8.20. The number of carbonyl (C=O) groups excluding carboxylic acids is 1. The van der Waals surface area contributed by atoms with E-state index in [4.69, 9.17) is 5.73 Å². The number of hydrogen-bond donors (Lipinski definition) is 1. The Morgan fingerprint density at radius 1 is 1.04 bits per heavy atom. The summed E-state index contributed by atoms with van der Waals surface area (Å²) < 4.78 is 23.0. The zero-order valence-corrected chi connectivity index (χ0v) is 14.2. The van der Waals surface area contributed by atoms with E-state index in [1.807, 2.05) is 30.3 Å². The Kier molecular flexibility index (Phi) is 4.43. The summed E-state index contributed by atoms with van der Waals surface area (Å²) in [5.74, 6) is -0.00521. The molecular formula is C18H20N2O3S. The number of hydrogen-bond acceptors (Lipinski definition) is 4. The van der Waals surface area contributed by atoms with Crippen LogP contribution in [0.5, 0.6) is 0 Å². The van der Waals surface area contributed by atoms with Crippen LogP contribution in [0.25, 0.3) is 0 Å². The minimum absolute atomic E-state index is 0.105. The van der Waals surface area contributed by atoms with Gasteiger partial charge in [-0.25, -0.2) is 8.42 Å². The number of carbonyl (C=O) groups is 1. The normalized spacial score (nSPS) is 21.0. The molecule has 1 fully saturated rings. The highest BCUT2D eigenvalue weighted by molar-refractivity contribution is 7.90. The van der Waals surface area contributed by atoms with E-state index in [-0.39, 0.29) is 22.8 Å². The fraction of sp³-hybridized carbons (Fsp3) is 0.278. The third-order valence-electron chi connectivity index (χ3n) is 4.41. The molecule has 2 aromatic rings. The molecule has 126 valence electrons. The Balaban J connectivity index is 1.77. The van der Waals surface area contributed by atoms with Crippen molar-refractivity contribution in [3.63, 3.8) is 0 Å². The van der Waals surface area contributed by atoms with E-state index in [9.17, 15) is 13.2 Å². The first-order valence-electron chi connectivity index (χ1n) is 7.76. The monoisotopic (exact) mass is 344 g/mol. The Morgan fingerprint density at radius 3 is 2.25 bits per heavy atom. The lowest BCUT2D eigenvalue weighted by Gasteiger charge is -2.16. The molecule has 1 aliphatic rings. The molecule has 2 unspecified atom stereocenters. The summed E-state index contributed by atoms with van der Waals surface area (Å²) in [5, 5.41) is 0. The fourth-order valence-corrected chi connectivity index (χ4v) is 3.71. The maximum atomic E-state index is 12.7. The van der Waals surface area contributed by atoms with Gasteiger partial charge in [-0.05, 0) is 29.8 Å². The first-order valence-corrected chi connectivity index (χ1v) is 9.65. The molecule has 2 aromatic carbocycles. The molecule has 1 saturated heterocycles. The van der Waals surface area contributed by atoms with Gasteiger partial charge in [0.2, 0.25) is 0 Å². The molecule has 2 N–H and O–H groups in total. The quantitative estimate of drug-likeness (QED) is 0.918. The Labute approximate surface area is 142 Å². The molecule has 1 aliphatic heterocycles. The van der Waals surface area contributed by atoms with Crippen LogP contribution in [0.1, 0.15) is 21.8 Å². The molecule has 0 aliphatic carbocycles. The van der Waals surface area contributed by atoms with Crippen molar-refractivity contribution < 1.29 is 13.2 Å². The smallest absolute Gasteiger partial charge is 0.253 e. The molecule has 0 aromatic heterocycles. The molecule has 24 heavy (non-hydrogen) atoms. The maximum Gasteiger partial charge on any atom is 0.253 e. The van der Waals surface area contributed by atoms with Crippen LogP contribution in [-0.4, -0.2) is 44.6 Å². The lowest BCUT2D eigenvalue weighted by Crippen LogP contribution is -2.32. The van der Waals surface area contributed by atoms with Gasteiger partial charge >= 0.3 is 0 Å². The minimum atomic E-state index is -3.26. The standard InChI is InChI=1S/C18H20N2O3S/c1-24(22,23)15-9-7-14(8-10-15)18(21)20-11-16(17(19)12-20)13-5-3-2-4-6-13/h2-10,16-17H,11-12,19H2,1H3. The van der Waals surface area contributed by atoms with Gasteiger partial charge in [-0.3, -0.25) is 4.79 Å². The van der Waals surface area contributed by atoms with Gasteiger partial charge in [-0.2, -0.15) is 0 Å². The van der Waals surface area contributed by atoms with Crippen LogP contribution in [-0.2, 0) is 9.84 Å². The van der Waals surface area contributed by atoms with Crippen LogP contribution >= 0.6 is 0 Å². The molecule has 2 atom stereocenters. The van der Waals surface area contributed by atoms with E-state index in [1.54, 1.807) is 17.0 Å². The Bertz CT molecular complexity index is 832. The Hall–Kier alpha value is -2.18. The highest BCUT2D eigenvalue weighted by Crippen LogP contribution is 2.27.